The molecule has 0 aliphatic heterocycles. The van der Waals surface area contributed by atoms with Crippen molar-refractivity contribution in [1.29, 1.82) is 0 Å². The molecule has 0 aliphatic rings. The number of hydrogen-bond acceptors (Lipinski definition) is 6. The number of aryl methyl sites for hydroxylation is 1. The van der Waals surface area contributed by atoms with Crippen LogP contribution in [-0.2, 0) is 16.1 Å². The van der Waals surface area contributed by atoms with Gasteiger partial charge in [0.1, 0.15) is 12.3 Å². The number of esters is 1. The van der Waals surface area contributed by atoms with Crippen LogP contribution in [-0.4, -0.2) is 29.0 Å². The molecule has 6 nitrogen and oxygen atoms in total. The maximum atomic E-state index is 12.3. The number of carbonyl (C=O) groups is 2. The van der Waals surface area contributed by atoms with Crippen molar-refractivity contribution in [2.45, 2.75) is 33.4 Å². The molecule has 0 bridgehead atoms. The third kappa shape index (κ3) is 4.32. The Balaban J connectivity index is 1.98. The Morgan fingerprint density at radius 2 is 1.92 bits per heavy atom. The van der Waals surface area contributed by atoms with Crippen molar-refractivity contribution in [2.75, 3.05) is 6.61 Å². The van der Waals surface area contributed by atoms with E-state index in [1.807, 2.05) is 6.92 Å². The topological polar surface area (TPSA) is 74.6 Å². The number of aromatic nitrogens is 1. The first kappa shape index (κ1) is 17.9. The van der Waals surface area contributed by atoms with Gasteiger partial charge in [-0.2, -0.15) is 0 Å². The molecule has 0 saturated carbocycles. The van der Waals surface area contributed by atoms with Gasteiger partial charge in [0, 0.05) is 16.6 Å². The maximum absolute atomic E-state index is 12.3. The molecule has 0 spiro atoms. The van der Waals surface area contributed by atoms with E-state index in [1.165, 1.54) is 11.5 Å². The number of hydrogen-bond donors (Lipinski definition) is 0. The Morgan fingerprint density at radius 1 is 1.25 bits per heavy atom. The molecule has 7 heteroatoms. The van der Waals surface area contributed by atoms with Crippen LogP contribution in [0.15, 0.2) is 34.4 Å². The fraction of sp³-hybridized carbons (Fsp3) is 0.353. The molecule has 0 radical (unpaired) electrons. The molecule has 2 aromatic rings. The van der Waals surface area contributed by atoms with Crippen LogP contribution in [0.1, 0.15) is 29.9 Å². The normalized spacial score (nSPS) is 11.8. The van der Waals surface area contributed by atoms with E-state index in [-0.39, 0.29) is 17.2 Å². The van der Waals surface area contributed by atoms with Crippen LogP contribution in [0.25, 0.3) is 0 Å². The summed E-state index contributed by atoms with van der Waals surface area (Å²) in [4.78, 5) is 35.6. The zero-order chi connectivity index (χ0) is 17.7. The molecular weight excluding hydrogens is 330 g/mol. The Hall–Kier alpha value is -2.41. The Labute approximate surface area is 143 Å². The van der Waals surface area contributed by atoms with Crippen LogP contribution in [0.4, 0.5) is 0 Å². The molecule has 1 atom stereocenters. The largest absolute Gasteiger partial charge is 0.494 e. The fourth-order valence-corrected chi connectivity index (χ4v) is 2.86. The lowest BCUT2D eigenvalue weighted by atomic mass is 10.1. The highest BCUT2D eigenvalue weighted by molar-refractivity contribution is 7.07. The lowest BCUT2D eigenvalue weighted by molar-refractivity contribution is -0.147. The number of ketones is 1. The molecule has 2 rings (SSSR count). The second-order valence-electron chi connectivity index (χ2n) is 5.18. The van der Waals surface area contributed by atoms with Crippen LogP contribution in [0.3, 0.4) is 0 Å². The van der Waals surface area contributed by atoms with E-state index in [2.05, 4.69) is 0 Å². The minimum absolute atomic E-state index is 0.199. The predicted octanol–water partition coefficient (Wildman–Crippen LogP) is 2.43. The Morgan fingerprint density at radius 3 is 2.46 bits per heavy atom. The third-order valence-corrected chi connectivity index (χ3v) is 4.27. The monoisotopic (exact) mass is 349 g/mol. The van der Waals surface area contributed by atoms with Gasteiger partial charge in [-0.05, 0) is 45.0 Å². The molecule has 1 unspecified atom stereocenters. The fourth-order valence-electron chi connectivity index (χ4n) is 2.13. The lowest BCUT2D eigenvalue weighted by Crippen LogP contribution is -2.29. The van der Waals surface area contributed by atoms with Crippen LogP contribution in [0.2, 0.25) is 0 Å². The first-order chi connectivity index (χ1) is 11.4. The van der Waals surface area contributed by atoms with Crippen molar-refractivity contribution in [3.63, 3.8) is 0 Å². The van der Waals surface area contributed by atoms with E-state index in [4.69, 9.17) is 9.47 Å². The molecular formula is C17H19NO5S. The summed E-state index contributed by atoms with van der Waals surface area (Å²) in [6, 6.07) is 6.65. The summed E-state index contributed by atoms with van der Waals surface area (Å²) in [5.74, 6) is -0.253. The van der Waals surface area contributed by atoms with E-state index in [9.17, 15) is 14.4 Å². The summed E-state index contributed by atoms with van der Waals surface area (Å²) < 4.78 is 11.8. The SMILES string of the molecule is CCOc1ccc(C(=O)C(C)OC(=O)Cn2c(C)csc2=O)cc1. The van der Waals surface area contributed by atoms with Crippen LogP contribution in [0, 0.1) is 6.92 Å². The van der Waals surface area contributed by atoms with Crippen molar-refractivity contribution in [3.05, 3.63) is 50.6 Å². The minimum Gasteiger partial charge on any atom is -0.494 e. The van der Waals surface area contributed by atoms with E-state index >= 15 is 0 Å². The number of carbonyl (C=O) groups excluding carboxylic acids is 2. The summed E-state index contributed by atoms with van der Waals surface area (Å²) in [5, 5.41) is 1.67. The van der Waals surface area contributed by atoms with Gasteiger partial charge in [-0.3, -0.25) is 19.0 Å². The van der Waals surface area contributed by atoms with Gasteiger partial charge in [-0.15, -0.1) is 0 Å². The minimum atomic E-state index is -0.926. The van der Waals surface area contributed by atoms with E-state index in [1.54, 1.807) is 36.6 Å². The van der Waals surface area contributed by atoms with Crippen molar-refractivity contribution >= 4 is 23.1 Å². The Kier molecular flexibility index (Phi) is 5.92. The molecule has 0 amide bonds. The zero-order valence-corrected chi connectivity index (χ0v) is 14.6. The quantitative estimate of drug-likeness (QED) is 0.567. The summed E-state index contributed by atoms with van der Waals surface area (Å²) in [7, 11) is 0. The molecule has 1 aromatic heterocycles. The Bertz CT molecular complexity index is 775. The smallest absolute Gasteiger partial charge is 0.326 e. The summed E-state index contributed by atoms with van der Waals surface area (Å²) in [5.41, 5.74) is 1.12. The first-order valence-electron chi connectivity index (χ1n) is 7.53. The second-order valence-corrected chi connectivity index (χ2v) is 6.00. The number of benzene rings is 1. The van der Waals surface area contributed by atoms with Crippen molar-refractivity contribution in [3.8, 4) is 5.75 Å². The van der Waals surface area contributed by atoms with E-state index < -0.39 is 12.1 Å². The average molecular weight is 349 g/mol. The molecule has 24 heavy (non-hydrogen) atoms. The summed E-state index contributed by atoms with van der Waals surface area (Å²) >= 11 is 1.02. The number of ether oxygens (including phenoxy) is 2. The van der Waals surface area contributed by atoms with Gasteiger partial charge >= 0.3 is 10.8 Å². The van der Waals surface area contributed by atoms with Gasteiger partial charge in [0.25, 0.3) is 0 Å². The number of nitrogens with zero attached hydrogens (tertiary/aromatic N) is 1. The van der Waals surface area contributed by atoms with Gasteiger partial charge in [0.15, 0.2) is 6.10 Å². The molecule has 128 valence electrons. The van der Waals surface area contributed by atoms with Gasteiger partial charge in [-0.1, -0.05) is 11.3 Å². The number of rotatable bonds is 7. The average Bonchev–Trinajstić information content (AvgIpc) is 2.87. The number of Topliss-reactive ketones (excluding diaryl/α,β-unsaturated/α-hetero) is 1. The molecule has 0 fully saturated rings. The van der Waals surface area contributed by atoms with Crippen molar-refractivity contribution in [2.24, 2.45) is 0 Å². The van der Waals surface area contributed by atoms with E-state index in [0.29, 0.717) is 23.6 Å². The van der Waals surface area contributed by atoms with Crippen molar-refractivity contribution in [1.82, 2.24) is 4.57 Å². The highest BCUT2D eigenvalue weighted by Crippen LogP contribution is 2.14. The van der Waals surface area contributed by atoms with Crippen LogP contribution in [0.5, 0.6) is 5.75 Å². The van der Waals surface area contributed by atoms with Gasteiger partial charge in [0.2, 0.25) is 5.78 Å². The standard InChI is InChI=1S/C17H19NO5S/c1-4-22-14-7-5-13(6-8-14)16(20)12(3)23-15(19)9-18-11(2)10-24-17(18)21/h5-8,10,12H,4,9H2,1-3H3. The first-order valence-corrected chi connectivity index (χ1v) is 8.41. The van der Waals surface area contributed by atoms with Gasteiger partial charge < -0.3 is 9.47 Å². The summed E-state index contributed by atoms with van der Waals surface area (Å²) in [6.45, 7) is 5.47. The van der Waals surface area contributed by atoms with Crippen LogP contribution >= 0.6 is 11.3 Å². The molecule has 0 saturated heterocycles. The van der Waals surface area contributed by atoms with Gasteiger partial charge in [0.05, 0.1) is 6.61 Å². The highest BCUT2D eigenvalue weighted by Gasteiger charge is 2.20. The predicted molar refractivity (Wildman–Crippen MR) is 90.8 cm³/mol. The molecule has 1 heterocycles. The second kappa shape index (κ2) is 7.92. The van der Waals surface area contributed by atoms with E-state index in [0.717, 1.165) is 11.3 Å². The molecule has 1 aromatic carbocycles. The number of thiazole rings is 1. The molecule has 0 N–H and O–H groups in total. The maximum Gasteiger partial charge on any atom is 0.326 e. The highest BCUT2D eigenvalue weighted by atomic mass is 32.1. The van der Waals surface area contributed by atoms with Crippen LogP contribution < -0.4 is 9.61 Å². The summed E-state index contributed by atoms with van der Waals surface area (Å²) in [6.07, 6.45) is -0.926. The zero-order valence-electron chi connectivity index (χ0n) is 13.8. The van der Waals surface area contributed by atoms with Gasteiger partial charge in [-0.25, -0.2) is 0 Å². The van der Waals surface area contributed by atoms with Crippen molar-refractivity contribution < 1.29 is 19.1 Å². The lowest BCUT2D eigenvalue weighted by Gasteiger charge is -2.13. The molecule has 0 aliphatic carbocycles. The third-order valence-electron chi connectivity index (χ3n) is 3.39.